The number of carbonyl (C=O) groups excluding carboxylic acids is 4. The number of aromatic carboxylic acids is 2. The van der Waals surface area contributed by atoms with E-state index < -0.39 is 17.8 Å². The van der Waals surface area contributed by atoms with Crippen LogP contribution in [0.15, 0.2) is 138 Å². The number of aromatic nitrogens is 6. The molecule has 0 atom stereocenters. The van der Waals surface area contributed by atoms with Gasteiger partial charge in [0.1, 0.15) is 22.3 Å². The highest BCUT2D eigenvalue weighted by atomic mass is 79.9. The van der Waals surface area contributed by atoms with E-state index in [2.05, 4.69) is 123 Å². The fraction of sp³-hybridized carbons (Fsp3) is 0.300. The maximum absolute atomic E-state index is 12.0. The highest BCUT2D eigenvalue weighted by Gasteiger charge is 2.46. The fourth-order valence-corrected chi connectivity index (χ4v) is 9.24. The van der Waals surface area contributed by atoms with Crippen LogP contribution in [0.25, 0.3) is 0 Å². The number of nitrogens with zero attached hydrogens (tertiary/aromatic N) is 7. The quantitative estimate of drug-likeness (QED) is 0.0443. The van der Waals surface area contributed by atoms with Gasteiger partial charge in [-0.15, -0.1) is 0 Å². The topological polar surface area (TPSA) is 297 Å². The number of allylic oxidation sites excluding steroid dienone is 4. The van der Waals surface area contributed by atoms with Crippen molar-refractivity contribution in [1.29, 1.82) is 0 Å². The number of hydrogen-bond donors (Lipinski definition) is 2. The second-order valence-corrected chi connectivity index (χ2v) is 23.0. The summed E-state index contributed by atoms with van der Waals surface area (Å²) in [5.74, 6) is -1.01. The van der Waals surface area contributed by atoms with E-state index in [-0.39, 0.29) is 57.3 Å². The Hall–Kier alpha value is -7.34. The number of fused-ring (bicyclic) bond motifs is 1. The van der Waals surface area contributed by atoms with Gasteiger partial charge in [0.25, 0.3) is 0 Å². The zero-order chi connectivity index (χ0) is 65.1. The molecular weight excluding hydrogens is 1470 g/mol. The number of rotatable bonds is 14. The van der Waals surface area contributed by atoms with E-state index in [1.807, 2.05) is 0 Å². The molecule has 0 aromatic carbocycles. The van der Waals surface area contributed by atoms with Crippen molar-refractivity contribution in [2.24, 2.45) is 0 Å². The first-order chi connectivity index (χ1) is 42.0. The maximum Gasteiger partial charge on any atom is 0.341 e. The Bertz CT molecular complexity index is 3480. The summed E-state index contributed by atoms with van der Waals surface area (Å²) in [7, 11) is 9.81. The van der Waals surface area contributed by atoms with Crippen LogP contribution in [0, 0.1) is 0 Å². The van der Waals surface area contributed by atoms with Crippen molar-refractivity contribution in [3.8, 4) is 35.3 Å². The molecule has 2 N–H and O–H groups in total. The summed E-state index contributed by atoms with van der Waals surface area (Å²) in [5.41, 5.74) is 4.33. The predicted molar refractivity (Wildman–Crippen MR) is 341 cm³/mol. The first-order valence-electron chi connectivity index (χ1n) is 26.1. The summed E-state index contributed by atoms with van der Waals surface area (Å²) < 4.78 is 33.9. The second kappa shape index (κ2) is 36.8. The van der Waals surface area contributed by atoms with Gasteiger partial charge < -0.3 is 38.6 Å². The van der Waals surface area contributed by atoms with Crippen LogP contribution in [0.5, 0.6) is 35.3 Å². The minimum absolute atomic E-state index is 0.0275. The lowest BCUT2D eigenvalue weighted by atomic mass is 9.74. The molecule has 4 aliphatic rings. The molecule has 0 radical (unpaired) electrons. The standard InChI is InChI=1S/C12H12BrNO2.C11H10BrNO2.C9H11BrN2O4.C9H8BrNO2.C7H6BrNO3.C7H7NO3.C5H8/c1-16-12-10(6-9(13)7-14-12)11(15)5-8-3-2-4-8;12-7-4-8-9(14)5-11(2-1-3-11)15-10(8)13-6-7;1-14-8-7(4-6(10)5-11-8)9(13)12(15-2)16-3;1-3-8(12)7-4-6(10)5-11-9(7)13-2;1-12-6-5(7(10)11)2-4(8)3-9-6;1-11-6-5(7(9)10)3-2-4-8-6;1-5-3-2-4-5/h5-7H,2-4H2,1H3;4,6H,1-3,5H2;4-5H,1-3H3;3-5H,1H2,2H3;2-3H,1H3,(H,10,11);2-4H,1H3,(H,9,10);1-4H2. The van der Waals surface area contributed by atoms with Gasteiger partial charge in [-0.3, -0.25) is 19.2 Å². The predicted octanol–water partition coefficient (Wildman–Crippen LogP) is 13.6. The number of carboxylic acids is 2. The first kappa shape index (κ1) is 73.1. The molecule has 7 heterocycles. The summed E-state index contributed by atoms with van der Waals surface area (Å²) in [6.45, 7) is 7.15. The van der Waals surface area contributed by atoms with Crippen LogP contribution in [0.3, 0.4) is 0 Å². The van der Waals surface area contributed by atoms with Crippen molar-refractivity contribution >= 4 is 115 Å². The molecule has 1 aliphatic heterocycles. The van der Waals surface area contributed by atoms with E-state index in [9.17, 15) is 28.8 Å². The van der Waals surface area contributed by atoms with E-state index in [4.69, 9.17) is 48.3 Å². The van der Waals surface area contributed by atoms with Crippen molar-refractivity contribution in [2.45, 2.75) is 69.8 Å². The Morgan fingerprint density at radius 1 is 0.568 bits per heavy atom. The molecule has 3 saturated carbocycles. The van der Waals surface area contributed by atoms with Crippen molar-refractivity contribution in [1.82, 2.24) is 35.1 Å². The van der Waals surface area contributed by atoms with Gasteiger partial charge in [-0.2, -0.15) is 0 Å². The highest BCUT2D eigenvalue weighted by Crippen LogP contribution is 2.44. The van der Waals surface area contributed by atoms with Crippen LogP contribution in [0.1, 0.15) is 126 Å². The van der Waals surface area contributed by atoms with Gasteiger partial charge in [0.05, 0.1) is 72.9 Å². The molecule has 88 heavy (non-hydrogen) atoms. The largest absolute Gasteiger partial charge is 0.480 e. The van der Waals surface area contributed by atoms with Gasteiger partial charge in [0, 0.05) is 59.5 Å². The Morgan fingerprint density at radius 3 is 1.36 bits per heavy atom. The van der Waals surface area contributed by atoms with Crippen molar-refractivity contribution in [3.63, 3.8) is 0 Å². The summed E-state index contributed by atoms with van der Waals surface area (Å²) >= 11 is 16.2. The summed E-state index contributed by atoms with van der Waals surface area (Å²) in [4.78, 5) is 101. The van der Waals surface area contributed by atoms with Crippen LogP contribution >= 0.6 is 79.6 Å². The highest BCUT2D eigenvalue weighted by molar-refractivity contribution is 9.11. The normalized spacial score (nSPS) is 13.2. The number of Topliss-reactive ketones (excluding diaryl/α,β-unsaturated/α-hetero) is 1. The van der Waals surface area contributed by atoms with E-state index in [1.165, 1.54) is 123 Å². The number of methoxy groups -OCH3 is 5. The molecule has 3 fully saturated rings. The van der Waals surface area contributed by atoms with Gasteiger partial charge in [0.2, 0.25) is 35.3 Å². The average molecular weight is 1540 g/mol. The molecule has 1 amide bonds. The average Bonchev–Trinajstić information content (AvgIpc) is 0.952. The second-order valence-electron chi connectivity index (χ2n) is 18.4. The third kappa shape index (κ3) is 22.1. The number of ketones is 3. The number of hydrogen-bond acceptors (Lipinski definition) is 20. The molecule has 6 aromatic rings. The third-order valence-electron chi connectivity index (χ3n) is 12.5. The van der Waals surface area contributed by atoms with Crippen LogP contribution in [-0.2, 0) is 9.68 Å². The van der Waals surface area contributed by atoms with Gasteiger partial charge in [0.15, 0.2) is 17.3 Å². The number of carboxylic acid groups (broad SMARTS) is 2. The van der Waals surface area contributed by atoms with Crippen LogP contribution < -0.4 is 28.4 Å². The minimum atomic E-state index is -1.05. The molecule has 0 saturated heterocycles. The molecule has 10 rings (SSSR count). The molecule has 1 spiro atoms. The van der Waals surface area contributed by atoms with Crippen molar-refractivity contribution < 1.29 is 77.1 Å². The Labute approximate surface area is 549 Å². The molecule has 468 valence electrons. The molecule has 23 nitrogen and oxygen atoms in total. The number of hydroxylamine groups is 2. The zero-order valence-corrected chi connectivity index (χ0v) is 56.7. The molecule has 0 unspecified atom stereocenters. The van der Waals surface area contributed by atoms with Gasteiger partial charge >= 0.3 is 17.8 Å². The number of ether oxygens (including phenoxy) is 6. The monoisotopic (exact) mass is 1530 g/mol. The van der Waals surface area contributed by atoms with Gasteiger partial charge in [-0.05, 0) is 192 Å². The summed E-state index contributed by atoms with van der Waals surface area (Å²) in [6.07, 6.45) is 23.1. The van der Waals surface area contributed by atoms with Crippen LogP contribution in [-0.4, -0.2) is 136 Å². The zero-order valence-electron chi connectivity index (χ0n) is 48.8. The lowest BCUT2D eigenvalue weighted by Gasteiger charge is -2.43. The SMILES string of the molecule is C=C1CCC1.C=CC(=O)c1cc(Br)cnc1OC.COc1ncc(Br)cc1C(=O)C=C1CCC1.COc1ncc(Br)cc1C(=O)N(OC)OC.COc1ncc(Br)cc1C(=O)O.COc1ncccc1C(=O)O.O=C1CC2(CCC2)Oc2ncc(Br)cc21. The van der Waals surface area contributed by atoms with Crippen molar-refractivity contribution in [2.75, 3.05) is 49.8 Å². The molecular formula is C60H62Br5N7O16. The van der Waals surface area contributed by atoms with Gasteiger partial charge in [-0.1, -0.05) is 29.5 Å². The Morgan fingerprint density at radius 2 is 0.977 bits per heavy atom. The maximum atomic E-state index is 12.0. The molecule has 3 aliphatic carbocycles. The fourth-order valence-electron chi connectivity index (χ4n) is 7.58. The Kier molecular flexibility index (Phi) is 30.6. The minimum Gasteiger partial charge on any atom is -0.480 e. The van der Waals surface area contributed by atoms with Crippen molar-refractivity contribution in [3.05, 3.63) is 172 Å². The van der Waals surface area contributed by atoms with E-state index in [1.54, 1.807) is 55.0 Å². The third-order valence-corrected chi connectivity index (χ3v) is 14.7. The van der Waals surface area contributed by atoms with E-state index >= 15 is 0 Å². The lowest BCUT2D eigenvalue weighted by molar-refractivity contribution is -0.299. The smallest absolute Gasteiger partial charge is 0.341 e. The summed E-state index contributed by atoms with van der Waals surface area (Å²) in [6, 6.07) is 11.2. The Balaban J connectivity index is 0.000000223. The number of pyridine rings is 6. The number of halogens is 5. The number of carbonyl (C=O) groups is 6. The lowest BCUT2D eigenvalue weighted by Crippen LogP contribution is -2.47. The molecule has 0 bridgehead atoms. The van der Waals surface area contributed by atoms with E-state index in [0.717, 1.165) is 50.7 Å². The van der Waals surface area contributed by atoms with Crippen LogP contribution in [0.2, 0.25) is 0 Å². The van der Waals surface area contributed by atoms with Crippen LogP contribution in [0.4, 0.5) is 0 Å². The van der Waals surface area contributed by atoms with E-state index in [0.29, 0.717) is 49.7 Å². The molecule has 28 heteroatoms. The number of amides is 1. The summed E-state index contributed by atoms with van der Waals surface area (Å²) in [5, 5.41) is 18.0. The molecule has 6 aromatic heterocycles. The van der Waals surface area contributed by atoms with Gasteiger partial charge in [-0.25, -0.2) is 49.2 Å². The first-order valence-corrected chi connectivity index (χ1v) is 30.1.